The van der Waals surface area contributed by atoms with Crippen LogP contribution < -0.4 is 10.5 Å². The van der Waals surface area contributed by atoms with Crippen molar-refractivity contribution in [1.29, 1.82) is 0 Å². The number of benzene rings is 1. The summed E-state index contributed by atoms with van der Waals surface area (Å²) in [5.74, 6) is 0.315. The largest absolute Gasteiger partial charge is 0.493 e. The minimum absolute atomic E-state index is 0.147. The number of nitrogens with two attached hydrogens (primary N) is 1. The highest BCUT2D eigenvalue weighted by Gasteiger charge is 2.31. The van der Waals surface area contributed by atoms with Crippen molar-refractivity contribution in [3.8, 4) is 17.0 Å². The molecule has 0 atom stereocenters. The van der Waals surface area contributed by atoms with Gasteiger partial charge in [0.2, 0.25) is 0 Å². The van der Waals surface area contributed by atoms with Gasteiger partial charge >= 0.3 is 6.18 Å². The van der Waals surface area contributed by atoms with E-state index in [9.17, 15) is 13.2 Å². The predicted octanol–water partition coefficient (Wildman–Crippen LogP) is 4.14. The molecule has 0 saturated carbocycles. The molecule has 0 saturated heterocycles. The van der Waals surface area contributed by atoms with Gasteiger partial charge in [-0.1, -0.05) is 19.1 Å². The van der Waals surface area contributed by atoms with E-state index in [0.29, 0.717) is 17.9 Å². The van der Waals surface area contributed by atoms with E-state index in [0.717, 1.165) is 18.6 Å². The Morgan fingerprint density at radius 1 is 1.19 bits per heavy atom. The van der Waals surface area contributed by atoms with Crippen molar-refractivity contribution in [2.45, 2.75) is 19.5 Å². The fraction of sp³-hybridized carbons (Fsp3) is 0.267. The highest BCUT2D eigenvalue weighted by atomic mass is 19.4. The van der Waals surface area contributed by atoms with Crippen molar-refractivity contribution in [3.63, 3.8) is 0 Å². The summed E-state index contributed by atoms with van der Waals surface area (Å²) in [6, 6.07) is 8.62. The molecule has 0 fully saturated rings. The van der Waals surface area contributed by atoms with Crippen LogP contribution in [-0.2, 0) is 6.18 Å². The number of hydrogen-bond acceptors (Lipinski definition) is 3. The maximum Gasteiger partial charge on any atom is 0.416 e. The highest BCUT2D eigenvalue weighted by molar-refractivity contribution is 5.69. The van der Waals surface area contributed by atoms with Gasteiger partial charge in [0.05, 0.1) is 17.9 Å². The molecule has 0 aliphatic rings. The number of ether oxygens (including phenoxy) is 1. The van der Waals surface area contributed by atoms with Crippen LogP contribution in [0.25, 0.3) is 11.3 Å². The van der Waals surface area contributed by atoms with Crippen molar-refractivity contribution in [2.75, 3.05) is 12.3 Å². The molecule has 0 radical (unpaired) electrons. The molecule has 0 amide bonds. The smallest absolute Gasteiger partial charge is 0.416 e. The third-order valence-corrected chi connectivity index (χ3v) is 2.80. The molecular weight excluding hydrogens is 281 g/mol. The third kappa shape index (κ3) is 3.65. The van der Waals surface area contributed by atoms with Gasteiger partial charge in [0, 0.05) is 5.56 Å². The van der Waals surface area contributed by atoms with Crippen molar-refractivity contribution in [2.24, 2.45) is 0 Å². The van der Waals surface area contributed by atoms with Crippen LogP contribution in [0.2, 0.25) is 0 Å². The maximum absolute atomic E-state index is 12.9. The Balaban J connectivity index is 2.49. The molecule has 0 spiro atoms. The maximum atomic E-state index is 12.9. The van der Waals surface area contributed by atoms with Gasteiger partial charge in [-0.3, -0.25) is 0 Å². The van der Waals surface area contributed by atoms with E-state index < -0.39 is 11.7 Å². The lowest BCUT2D eigenvalue weighted by molar-refractivity contribution is -0.137. The first kappa shape index (κ1) is 15.2. The van der Waals surface area contributed by atoms with E-state index in [4.69, 9.17) is 10.5 Å². The zero-order valence-corrected chi connectivity index (χ0v) is 11.4. The van der Waals surface area contributed by atoms with Gasteiger partial charge in [0.15, 0.2) is 0 Å². The zero-order chi connectivity index (χ0) is 15.5. The number of anilines is 1. The first-order chi connectivity index (χ1) is 9.91. The third-order valence-electron chi connectivity index (χ3n) is 2.80. The summed E-state index contributed by atoms with van der Waals surface area (Å²) in [7, 11) is 0. The van der Waals surface area contributed by atoms with E-state index in [-0.39, 0.29) is 11.5 Å². The molecule has 3 nitrogen and oxygen atoms in total. The average molecular weight is 296 g/mol. The average Bonchev–Trinajstić information content (AvgIpc) is 2.44. The molecule has 0 aliphatic heterocycles. The Labute approximate surface area is 120 Å². The van der Waals surface area contributed by atoms with Crippen LogP contribution in [0.4, 0.5) is 19.0 Å². The van der Waals surface area contributed by atoms with E-state index in [1.807, 2.05) is 6.92 Å². The first-order valence-corrected chi connectivity index (χ1v) is 6.48. The summed E-state index contributed by atoms with van der Waals surface area (Å²) < 4.78 is 44.1. The van der Waals surface area contributed by atoms with Crippen molar-refractivity contribution < 1.29 is 17.9 Å². The molecule has 2 rings (SSSR count). The number of para-hydroxylation sites is 1. The number of aromatic nitrogens is 1. The van der Waals surface area contributed by atoms with E-state index in [2.05, 4.69) is 4.98 Å². The van der Waals surface area contributed by atoms with Gasteiger partial charge in [-0.2, -0.15) is 13.2 Å². The molecular formula is C15H15F3N2O. The van der Waals surface area contributed by atoms with E-state index >= 15 is 0 Å². The first-order valence-electron chi connectivity index (χ1n) is 6.48. The lowest BCUT2D eigenvalue weighted by atomic mass is 10.1. The summed E-state index contributed by atoms with van der Waals surface area (Å²) in [5, 5.41) is 0. The number of alkyl halides is 3. The quantitative estimate of drug-likeness (QED) is 0.922. The van der Waals surface area contributed by atoms with Gasteiger partial charge in [-0.15, -0.1) is 0 Å². The monoisotopic (exact) mass is 296 g/mol. The van der Waals surface area contributed by atoms with Gasteiger partial charge < -0.3 is 10.5 Å². The summed E-state index contributed by atoms with van der Waals surface area (Å²) in [6.45, 7) is 2.43. The lowest BCUT2D eigenvalue weighted by Gasteiger charge is -2.13. The van der Waals surface area contributed by atoms with Crippen molar-refractivity contribution in [3.05, 3.63) is 42.0 Å². The predicted molar refractivity (Wildman–Crippen MR) is 74.9 cm³/mol. The van der Waals surface area contributed by atoms with Crippen LogP contribution in [0.5, 0.6) is 5.75 Å². The highest BCUT2D eigenvalue weighted by Crippen LogP contribution is 2.35. The lowest BCUT2D eigenvalue weighted by Crippen LogP contribution is -2.07. The Morgan fingerprint density at radius 3 is 2.57 bits per heavy atom. The van der Waals surface area contributed by atoms with Gasteiger partial charge in [-0.05, 0) is 30.7 Å². The Morgan fingerprint density at radius 2 is 1.90 bits per heavy atom. The minimum atomic E-state index is -4.47. The molecule has 0 unspecified atom stereocenters. The van der Waals surface area contributed by atoms with Crippen molar-refractivity contribution in [1.82, 2.24) is 4.98 Å². The van der Waals surface area contributed by atoms with Crippen LogP contribution >= 0.6 is 0 Å². The standard InChI is InChI=1S/C15H15F3N2O/c1-2-7-21-13-6-4-3-5-11(13)12-8-10(15(16,17)18)9-14(19)20-12/h3-6,8-9H,2,7H2,1H3,(H2,19,20). The molecule has 6 heteroatoms. The number of halogens is 3. The number of nitrogen functional groups attached to an aromatic ring is 1. The van der Waals surface area contributed by atoms with Gasteiger partial charge in [0.25, 0.3) is 0 Å². The van der Waals surface area contributed by atoms with Crippen LogP contribution in [0.1, 0.15) is 18.9 Å². The molecule has 1 heterocycles. The van der Waals surface area contributed by atoms with Crippen molar-refractivity contribution >= 4 is 5.82 Å². The molecule has 0 aliphatic carbocycles. The topological polar surface area (TPSA) is 48.1 Å². The number of hydrogen-bond donors (Lipinski definition) is 1. The number of nitrogens with zero attached hydrogens (tertiary/aromatic N) is 1. The number of pyridine rings is 1. The normalized spacial score (nSPS) is 11.4. The fourth-order valence-electron chi connectivity index (χ4n) is 1.87. The zero-order valence-electron chi connectivity index (χ0n) is 11.4. The van der Waals surface area contributed by atoms with Gasteiger partial charge in [-0.25, -0.2) is 4.98 Å². The second kappa shape index (κ2) is 6.03. The molecule has 2 N–H and O–H groups in total. The molecule has 2 aromatic rings. The second-order valence-electron chi connectivity index (χ2n) is 4.51. The van der Waals surface area contributed by atoms with Crippen LogP contribution in [-0.4, -0.2) is 11.6 Å². The van der Waals surface area contributed by atoms with E-state index in [1.54, 1.807) is 24.3 Å². The van der Waals surface area contributed by atoms with Crippen LogP contribution in [0, 0.1) is 0 Å². The van der Waals surface area contributed by atoms with Gasteiger partial charge in [0.1, 0.15) is 11.6 Å². The summed E-state index contributed by atoms with van der Waals surface area (Å²) in [6.07, 6.45) is -3.67. The molecule has 112 valence electrons. The molecule has 1 aromatic heterocycles. The second-order valence-corrected chi connectivity index (χ2v) is 4.51. The molecule has 0 bridgehead atoms. The van der Waals surface area contributed by atoms with E-state index in [1.165, 1.54) is 0 Å². The SMILES string of the molecule is CCCOc1ccccc1-c1cc(C(F)(F)F)cc(N)n1. The molecule has 1 aromatic carbocycles. The van der Waals surface area contributed by atoms with Crippen LogP contribution in [0.3, 0.4) is 0 Å². The number of rotatable bonds is 4. The fourth-order valence-corrected chi connectivity index (χ4v) is 1.87. The molecule has 21 heavy (non-hydrogen) atoms. The Kier molecular flexibility index (Phi) is 4.35. The minimum Gasteiger partial charge on any atom is -0.493 e. The Hall–Kier alpha value is -2.24. The summed E-state index contributed by atoms with van der Waals surface area (Å²) in [5.41, 5.74) is 5.30. The van der Waals surface area contributed by atoms with Crippen LogP contribution in [0.15, 0.2) is 36.4 Å². The Bertz CT molecular complexity index is 627. The summed E-state index contributed by atoms with van der Waals surface area (Å²) in [4.78, 5) is 3.98. The summed E-state index contributed by atoms with van der Waals surface area (Å²) >= 11 is 0.